The third-order valence-corrected chi connectivity index (χ3v) is 6.49. The molecule has 0 atom stereocenters. The van der Waals surface area contributed by atoms with Crippen LogP contribution in [0.4, 0.5) is 0 Å². The molecule has 3 rings (SSSR count). The van der Waals surface area contributed by atoms with Crippen LogP contribution in [0.3, 0.4) is 0 Å². The fourth-order valence-corrected chi connectivity index (χ4v) is 4.83. The Hall–Kier alpha value is -1.64. The highest BCUT2D eigenvalue weighted by molar-refractivity contribution is 8.00. The molecule has 2 aromatic heterocycles. The minimum Gasteiger partial charge on any atom is -0.410 e. The summed E-state index contributed by atoms with van der Waals surface area (Å²) >= 11 is 2.76. The SMILES string of the molecule is O=S(=O)(CCSc1nnc(-c2cccs2)o1)c1ccccc1. The quantitative estimate of drug-likeness (QED) is 0.633. The number of thiophene rings is 1. The summed E-state index contributed by atoms with van der Waals surface area (Å²) in [6.07, 6.45) is 0. The Kier molecular flexibility index (Phi) is 4.60. The Labute approximate surface area is 136 Å². The molecule has 0 aliphatic carbocycles. The van der Waals surface area contributed by atoms with E-state index in [0.29, 0.717) is 21.8 Å². The Morgan fingerprint density at radius 3 is 2.64 bits per heavy atom. The van der Waals surface area contributed by atoms with E-state index in [1.165, 1.54) is 23.1 Å². The van der Waals surface area contributed by atoms with Crippen molar-refractivity contribution in [2.45, 2.75) is 10.1 Å². The Balaban J connectivity index is 1.60. The summed E-state index contributed by atoms with van der Waals surface area (Å²) in [5.41, 5.74) is 0. The first-order valence-electron chi connectivity index (χ1n) is 6.43. The fourth-order valence-electron chi connectivity index (χ4n) is 1.75. The van der Waals surface area contributed by atoms with Crippen LogP contribution < -0.4 is 0 Å². The summed E-state index contributed by atoms with van der Waals surface area (Å²) in [5, 5.41) is 10.2. The average molecular weight is 352 g/mol. The summed E-state index contributed by atoms with van der Waals surface area (Å²) < 4.78 is 29.8. The molecule has 0 unspecified atom stereocenters. The van der Waals surface area contributed by atoms with E-state index in [4.69, 9.17) is 4.42 Å². The van der Waals surface area contributed by atoms with Crippen molar-refractivity contribution in [3.8, 4) is 10.8 Å². The molecule has 5 nitrogen and oxygen atoms in total. The van der Waals surface area contributed by atoms with Gasteiger partial charge >= 0.3 is 0 Å². The number of hydrogen-bond donors (Lipinski definition) is 0. The normalized spacial score (nSPS) is 11.6. The molecule has 0 radical (unpaired) electrons. The van der Waals surface area contributed by atoms with Gasteiger partial charge in [-0.15, -0.1) is 21.5 Å². The number of hydrogen-bond acceptors (Lipinski definition) is 7. The van der Waals surface area contributed by atoms with Gasteiger partial charge in [-0.1, -0.05) is 36.0 Å². The summed E-state index contributed by atoms with van der Waals surface area (Å²) in [7, 11) is -3.28. The Morgan fingerprint density at radius 1 is 1.09 bits per heavy atom. The minimum atomic E-state index is -3.28. The molecule has 0 N–H and O–H groups in total. The first-order chi connectivity index (χ1) is 10.6. The highest BCUT2D eigenvalue weighted by atomic mass is 32.2. The van der Waals surface area contributed by atoms with E-state index in [0.717, 1.165) is 4.88 Å². The van der Waals surface area contributed by atoms with E-state index in [-0.39, 0.29) is 5.75 Å². The first kappa shape index (κ1) is 15.3. The molecule has 114 valence electrons. The predicted molar refractivity (Wildman–Crippen MR) is 86.8 cm³/mol. The van der Waals surface area contributed by atoms with Gasteiger partial charge in [-0.3, -0.25) is 0 Å². The van der Waals surface area contributed by atoms with E-state index < -0.39 is 9.84 Å². The van der Waals surface area contributed by atoms with E-state index in [1.54, 1.807) is 30.3 Å². The van der Waals surface area contributed by atoms with E-state index in [2.05, 4.69) is 10.2 Å². The number of rotatable bonds is 6. The molecular weight excluding hydrogens is 340 g/mol. The second kappa shape index (κ2) is 6.64. The van der Waals surface area contributed by atoms with Crippen molar-refractivity contribution in [2.75, 3.05) is 11.5 Å². The Bertz CT molecular complexity index is 827. The second-order valence-electron chi connectivity index (χ2n) is 4.33. The van der Waals surface area contributed by atoms with Crippen LogP contribution in [0.2, 0.25) is 0 Å². The van der Waals surface area contributed by atoms with Crippen LogP contribution in [0.15, 0.2) is 62.4 Å². The van der Waals surface area contributed by atoms with Crippen LogP contribution in [-0.4, -0.2) is 30.1 Å². The zero-order valence-electron chi connectivity index (χ0n) is 11.4. The lowest BCUT2D eigenvalue weighted by Gasteiger charge is -2.02. The van der Waals surface area contributed by atoms with Crippen molar-refractivity contribution in [2.24, 2.45) is 0 Å². The van der Waals surface area contributed by atoms with Crippen molar-refractivity contribution in [1.29, 1.82) is 0 Å². The molecule has 3 aromatic rings. The summed E-state index contributed by atoms with van der Waals surface area (Å²) in [4.78, 5) is 1.23. The van der Waals surface area contributed by atoms with Gasteiger partial charge in [0.25, 0.3) is 11.1 Å². The van der Waals surface area contributed by atoms with Gasteiger partial charge in [0.05, 0.1) is 15.5 Å². The minimum absolute atomic E-state index is 0.0262. The number of aromatic nitrogens is 2. The molecule has 0 saturated carbocycles. The van der Waals surface area contributed by atoms with E-state index in [1.807, 2.05) is 17.5 Å². The Morgan fingerprint density at radius 2 is 1.91 bits per heavy atom. The molecule has 0 spiro atoms. The number of nitrogens with zero attached hydrogens (tertiary/aromatic N) is 2. The standard InChI is InChI=1S/C14H12N2O3S3/c17-22(18,11-5-2-1-3-6-11)10-9-21-14-16-15-13(19-14)12-7-4-8-20-12/h1-8H,9-10H2. The highest BCUT2D eigenvalue weighted by Crippen LogP contribution is 2.26. The zero-order valence-corrected chi connectivity index (χ0v) is 13.8. The number of sulfone groups is 1. The third kappa shape index (κ3) is 3.57. The summed E-state index contributed by atoms with van der Waals surface area (Å²) in [5.74, 6) is 0.852. The molecule has 2 heterocycles. The smallest absolute Gasteiger partial charge is 0.276 e. The van der Waals surface area contributed by atoms with Gasteiger partial charge in [0, 0.05) is 5.75 Å². The molecule has 0 aliphatic heterocycles. The van der Waals surface area contributed by atoms with Gasteiger partial charge < -0.3 is 4.42 Å². The van der Waals surface area contributed by atoms with Gasteiger partial charge in [0.1, 0.15) is 0 Å². The summed E-state index contributed by atoms with van der Waals surface area (Å²) in [6, 6.07) is 12.2. The molecule has 0 bridgehead atoms. The monoisotopic (exact) mass is 352 g/mol. The van der Waals surface area contributed by atoms with Crippen molar-refractivity contribution in [1.82, 2.24) is 10.2 Å². The van der Waals surface area contributed by atoms with Gasteiger partial charge in [0.15, 0.2) is 9.84 Å². The van der Waals surface area contributed by atoms with Crippen LogP contribution in [0.1, 0.15) is 0 Å². The van der Waals surface area contributed by atoms with Crippen LogP contribution in [-0.2, 0) is 9.84 Å². The largest absolute Gasteiger partial charge is 0.410 e. The molecule has 22 heavy (non-hydrogen) atoms. The molecule has 8 heteroatoms. The lowest BCUT2D eigenvalue weighted by atomic mass is 10.4. The summed E-state index contributed by atoms with van der Waals surface area (Å²) in [6.45, 7) is 0. The van der Waals surface area contributed by atoms with Crippen molar-refractivity contribution >= 4 is 32.9 Å². The van der Waals surface area contributed by atoms with Gasteiger partial charge in [-0.05, 0) is 23.6 Å². The third-order valence-electron chi connectivity index (χ3n) is 2.82. The van der Waals surface area contributed by atoms with Crippen LogP contribution >= 0.6 is 23.1 Å². The highest BCUT2D eigenvalue weighted by Gasteiger charge is 2.15. The first-order valence-corrected chi connectivity index (χ1v) is 9.95. The fraction of sp³-hybridized carbons (Fsp3) is 0.143. The molecule has 0 fully saturated rings. The number of benzene rings is 1. The lowest BCUT2D eigenvalue weighted by molar-refractivity contribution is 0.467. The van der Waals surface area contributed by atoms with Crippen LogP contribution in [0.5, 0.6) is 0 Å². The zero-order chi connectivity index (χ0) is 15.4. The second-order valence-corrected chi connectivity index (χ2v) is 8.43. The molecular formula is C14H12N2O3S3. The maximum atomic E-state index is 12.1. The van der Waals surface area contributed by atoms with E-state index >= 15 is 0 Å². The maximum Gasteiger partial charge on any atom is 0.276 e. The average Bonchev–Trinajstić information content (AvgIpc) is 3.19. The van der Waals surface area contributed by atoms with Crippen molar-refractivity contribution in [3.63, 3.8) is 0 Å². The lowest BCUT2D eigenvalue weighted by Crippen LogP contribution is -2.08. The topological polar surface area (TPSA) is 73.1 Å². The van der Waals surface area contributed by atoms with Crippen LogP contribution in [0.25, 0.3) is 10.8 Å². The van der Waals surface area contributed by atoms with Gasteiger partial charge in [0.2, 0.25) is 0 Å². The molecule has 0 aliphatic rings. The van der Waals surface area contributed by atoms with Crippen LogP contribution in [0, 0.1) is 0 Å². The molecule has 0 saturated heterocycles. The van der Waals surface area contributed by atoms with Gasteiger partial charge in [-0.2, -0.15) is 0 Å². The predicted octanol–water partition coefficient (Wildman–Crippen LogP) is 3.36. The number of thioether (sulfide) groups is 1. The van der Waals surface area contributed by atoms with E-state index in [9.17, 15) is 8.42 Å². The van der Waals surface area contributed by atoms with Crippen molar-refractivity contribution < 1.29 is 12.8 Å². The maximum absolute atomic E-state index is 12.1. The molecule has 0 amide bonds. The van der Waals surface area contributed by atoms with Gasteiger partial charge in [-0.25, -0.2) is 8.42 Å². The molecule has 1 aromatic carbocycles. The van der Waals surface area contributed by atoms with Crippen molar-refractivity contribution in [3.05, 3.63) is 47.8 Å².